The standard InChI is InChI=1S/C34H40F2N4O2/c1-4-12-40(13-5-2)34(42)28-15-23(3)14-27(20-28)33(41)39-31(18-25-16-29(35)21-30(36)17-25)9-10-37-22-24-6-7-26-8-11-38-32(26)19-24/h6-8,11,14-17,19-21,31,37-38H,4-5,9-10,12-13,18,22H2,1-3H3,(H,39,41)/t31-/m1/s1. The highest BCUT2D eigenvalue weighted by molar-refractivity contribution is 6.00. The predicted octanol–water partition coefficient (Wildman–Crippen LogP) is 6.54. The first kappa shape index (κ1) is 30.9. The third kappa shape index (κ3) is 8.49. The third-order valence-corrected chi connectivity index (χ3v) is 7.22. The van der Waals surface area contributed by atoms with Crippen LogP contribution in [0.2, 0.25) is 0 Å². The lowest BCUT2D eigenvalue weighted by molar-refractivity contribution is 0.0755. The minimum atomic E-state index is -0.654. The van der Waals surface area contributed by atoms with Gasteiger partial charge >= 0.3 is 0 Å². The van der Waals surface area contributed by atoms with E-state index in [0.717, 1.165) is 40.9 Å². The molecule has 0 saturated heterocycles. The fourth-order valence-corrected chi connectivity index (χ4v) is 5.30. The largest absolute Gasteiger partial charge is 0.361 e. The lowest BCUT2D eigenvalue weighted by Gasteiger charge is -2.23. The predicted molar refractivity (Wildman–Crippen MR) is 164 cm³/mol. The Labute approximate surface area is 246 Å². The number of hydrogen-bond donors (Lipinski definition) is 3. The molecule has 0 aliphatic rings. The van der Waals surface area contributed by atoms with Gasteiger partial charge in [0.2, 0.25) is 0 Å². The molecule has 1 heterocycles. The van der Waals surface area contributed by atoms with Gasteiger partial charge in [-0.05, 0) is 104 Å². The first-order chi connectivity index (χ1) is 20.2. The number of rotatable bonds is 14. The van der Waals surface area contributed by atoms with Crippen molar-refractivity contribution in [1.82, 2.24) is 20.5 Å². The fraction of sp³-hybridized carbons (Fsp3) is 0.353. The Bertz CT molecular complexity index is 1490. The van der Waals surface area contributed by atoms with E-state index in [0.29, 0.717) is 49.3 Å². The molecule has 0 bridgehead atoms. The third-order valence-electron chi connectivity index (χ3n) is 7.22. The van der Waals surface area contributed by atoms with Gasteiger partial charge in [0.25, 0.3) is 11.8 Å². The summed E-state index contributed by atoms with van der Waals surface area (Å²) in [5, 5.41) is 7.62. The molecule has 8 heteroatoms. The zero-order valence-corrected chi connectivity index (χ0v) is 24.6. The van der Waals surface area contributed by atoms with Gasteiger partial charge in [0.1, 0.15) is 11.6 Å². The number of hydrogen-bond acceptors (Lipinski definition) is 3. The van der Waals surface area contributed by atoms with Crippen LogP contribution >= 0.6 is 0 Å². The van der Waals surface area contributed by atoms with Crippen LogP contribution in [0.4, 0.5) is 8.78 Å². The number of carbonyl (C=O) groups is 2. The Morgan fingerprint density at radius 2 is 1.60 bits per heavy atom. The van der Waals surface area contributed by atoms with Gasteiger partial charge < -0.3 is 20.5 Å². The molecule has 0 aliphatic heterocycles. The monoisotopic (exact) mass is 574 g/mol. The lowest BCUT2D eigenvalue weighted by Crippen LogP contribution is -2.39. The second kappa shape index (κ2) is 14.7. The summed E-state index contributed by atoms with van der Waals surface area (Å²) in [6.45, 7) is 8.45. The molecule has 4 rings (SSSR count). The van der Waals surface area contributed by atoms with E-state index in [2.05, 4.69) is 33.8 Å². The summed E-state index contributed by atoms with van der Waals surface area (Å²) in [7, 11) is 0. The van der Waals surface area contributed by atoms with Crippen molar-refractivity contribution in [1.29, 1.82) is 0 Å². The summed E-state index contributed by atoms with van der Waals surface area (Å²) < 4.78 is 27.9. The lowest BCUT2D eigenvalue weighted by atomic mass is 10.0. The number of aromatic amines is 1. The van der Waals surface area contributed by atoms with E-state index < -0.39 is 17.7 Å². The topological polar surface area (TPSA) is 77.2 Å². The van der Waals surface area contributed by atoms with Crippen LogP contribution in [0.25, 0.3) is 10.9 Å². The highest BCUT2D eigenvalue weighted by Gasteiger charge is 2.20. The summed E-state index contributed by atoms with van der Waals surface area (Å²) in [6.07, 6.45) is 4.40. The van der Waals surface area contributed by atoms with Crippen molar-refractivity contribution in [2.24, 2.45) is 0 Å². The van der Waals surface area contributed by atoms with Crippen molar-refractivity contribution in [3.8, 4) is 0 Å². The molecule has 0 unspecified atom stereocenters. The Hall–Kier alpha value is -4.04. The van der Waals surface area contributed by atoms with Crippen LogP contribution in [0.15, 0.2) is 66.9 Å². The highest BCUT2D eigenvalue weighted by Crippen LogP contribution is 2.17. The number of carbonyl (C=O) groups excluding carboxylic acids is 2. The number of halogens is 2. The summed E-state index contributed by atoms with van der Waals surface area (Å²) in [5.41, 5.74) is 4.32. The van der Waals surface area contributed by atoms with E-state index in [1.807, 2.05) is 37.9 Å². The fourth-order valence-electron chi connectivity index (χ4n) is 5.30. The highest BCUT2D eigenvalue weighted by atomic mass is 19.1. The number of aryl methyl sites for hydroxylation is 1. The quantitative estimate of drug-likeness (QED) is 0.150. The Morgan fingerprint density at radius 1 is 0.881 bits per heavy atom. The SMILES string of the molecule is CCCN(CCC)C(=O)c1cc(C)cc(C(=O)N[C@H](CCNCc2ccc3cc[nH]c3c2)Cc2cc(F)cc(F)c2)c1. The molecule has 0 spiro atoms. The van der Waals surface area contributed by atoms with Crippen molar-refractivity contribution in [2.75, 3.05) is 19.6 Å². The van der Waals surface area contributed by atoms with Gasteiger partial charge in [-0.25, -0.2) is 8.78 Å². The minimum absolute atomic E-state index is 0.0926. The second-order valence-corrected chi connectivity index (χ2v) is 10.9. The summed E-state index contributed by atoms with van der Waals surface area (Å²) >= 11 is 0. The molecule has 0 fully saturated rings. The number of nitrogens with zero attached hydrogens (tertiary/aromatic N) is 1. The first-order valence-electron chi connectivity index (χ1n) is 14.7. The average Bonchev–Trinajstić information content (AvgIpc) is 3.42. The molecule has 222 valence electrons. The molecule has 6 nitrogen and oxygen atoms in total. The Balaban J connectivity index is 1.47. The number of H-pyrrole nitrogens is 1. The number of benzene rings is 3. The van der Waals surface area contributed by atoms with Crippen LogP contribution in [0.3, 0.4) is 0 Å². The van der Waals surface area contributed by atoms with Crippen molar-refractivity contribution in [2.45, 2.75) is 59.0 Å². The summed E-state index contributed by atoms with van der Waals surface area (Å²) in [4.78, 5) is 31.7. The van der Waals surface area contributed by atoms with Gasteiger partial charge in [0, 0.05) is 54.6 Å². The number of amides is 2. The number of fused-ring (bicyclic) bond motifs is 1. The van der Waals surface area contributed by atoms with Gasteiger partial charge in [-0.3, -0.25) is 9.59 Å². The van der Waals surface area contributed by atoms with E-state index in [9.17, 15) is 18.4 Å². The van der Waals surface area contributed by atoms with Gasteiger partial charge in [-0.2, -0.15) is 0 Å². The van der Waals surface area contributed by atoms with E-state index in [1.54, 1.807) is 18.2 Å². The molecule has 3 aromatic carbocycles. The second-order valence-electron chi connectivity index (χ2n) is 10.9. The van der Waals surface area contributed by atoms with Crippen LogP contribution in [0.1, 0.15) is 70.5 Å². The summed E-state index contributed by atoms with van der Waals surface area (Å²) in [5.74, 6) is -1.73. The molecule has 42 heavy (non-hydrogen) atoms. The maximum Gasteiger partial charge on any atom is 0.253 e. The van der Waals surface area contributed by atoms with Crippen LogP contribution in [0.5, 0.6) is 0 Å². The molecule has 1 atom stereocenters. The average molecular weight is 575 g/mol. The molecule has 0 saturated carbocycles. The Morgan fingerprint density at radius 3 is 2.31 bits per heavy atom. The van der Waals surface area contributed by atoms with Gasteiger partial charge in [0.05, 0.1) is 0 Å². The van der Waals surface area contributed by atoms with Crippen LogP contribution in [0, 0.1) is 18.6 Å². The van der Waals surface area contributed by atoms with E-state index in [-0.39, 0.29) is 18.2 Å². The smallest absolute Gasteiger partial charge is 0.253 e. The maximum absolute atomic E-state index is 13.9. The normalized spacial score (nSPS) is 11.9. The zero-order chi connectivity index (χ0) is 30.1. The molecular weight excluding hydrogens is 534 g/mol. The van der Waals surface area contributed by atoms with Gasteiger partial charge in [-0.15, -0.1) is 0 Å². The van der Waals surface area contributed by atoms with Crippen LogP contribution in [-0.2, 0) is 13.0 Å². The molecular formula is C34H40F2N4O2. The molecule has 0 radical (unpaired) electrons. The summed E-state index contributed by atoms with van der Waals surface area (Å²) in [6, 6.07) is 16.5. The van der Waals surface area contributed by atoms with E-state index in [1.165, 1.54) is 12.1 Å². The molecule has 1 aromatic heterocycles. The maximum atomic E-state index is 13.9. The number of nitrogens with one attached hydrogen (secondary N) is 3. The van der Waals surface area contributed by atoms with E-state index in [4.69, 9.17) is 0 Å². The molecule has 0 aliphatic carbocycles. The van der Waals surface area contributed by atoms with Crippen molar-refractivity contribution < 1.29 is 18.4 Å². The molecule has 3 N–H and O–H groups in total. The van der Waals surface area contributed by atoms with Gasteiger partial charge in [0.15, 0.2) is 0 Å². The minimum Gasteiger partial charge on any atom is -0.361 e. The van der Waals surface area contributed by atoms with Crippen molar-refractivity contribution >= 4 is 22.7 Å². The van der Waals surface area contributed by atoms with Crippen molar-refractivity contribution in [3.05, 3.63) is 106 Å². The van der Waals surface area contributed by atoms with Gasteiger partial charge in [-0.1, -0.05) is 26.0 Å². The molecule has 4 aromatic rings. The van der Waals surface area contributed by atoms with Crippen LogP contribution in [-0.4, -0.2) is 47.4 Å². The Kier molecular flexibility index (Phi) is 10.8. The number of aromatic nitrogens is 1. The van der Waals surface area contributed by atoms with Crippen molar-refractivity contribution in [3.63, 3.8) is 0 Å². The molecule has 2 amide bonds. The van der Waals surface area contributed by atoms with E-state index >= 15 is 0 Å². The first-order valence-corrected chi connectivity index (χ1v) is 14.7. The zero-order valence-electron chi connectivity index (χ0n) is 24.6. The van der Waals surface area contributed by atoms with Crippen LogP contribution < -0.4 is 10.6 Å².